The maximum atomic E-state index is 14.5. The molecule has 15 heteroatoms. The number of carboxylic acids is 1. The highest BCUT2D eigenvalue weighted by Crippen LogP contribution is 2.30. The van der Waals surface area contributed by atoms with Crippen LogP contribution < -0.4 is 4.90 Å². The van der Waals surface area contributed by atoms with E-state index in [9.17, 15) is 22.7 Å². The summed E-state index contributed by atoms with van der Waals surface area (Å²) in [6.45, 7) is -0.198. The van der Waals surface area contributed by atoms with Gasteiger partial charge in [0.2, 0.25) is 0 Å². The smallest absolute Gasteiger partial charge is 0.335 e. The Morgan fingerprint density at radius 1 is 1.10 bits per heavy atom. The molecule has 0 spiro atoms. The van der Waals surface area contributed by atoms with Gasteiger partial charge in [-0.2, -0.15) is 17.8 Å². The van der Waals surface area contributed by atoms with Gasteiger partial charge < -0.3 is 10.0 Å². The van der Waals surface area contributed by atoms with Gasteiger partial charge in [0, 0.05) is 51.0 Å². The van der Waals surface area contributed by atoms with Gasteiger partial charge in [-0.1, -0.05) is 0 Å². The molecule has 0 amide bonds. The molecule has 0 radical (unpaired) electrons. The lowest BCUT2D eigenvalue weighted by Gasteiger charge is -2.25. The lowest BCUT2D eigenvalue weighted by Crippen LogP contribution is -2.31. The fourth-order valence-electron chi connectivity index (χ4n) is 3.85. The van der Waals surface area contributed by atoms with Gasteiger partial charge in [0.15, 0.2) is 5.65 Å². The van der Waals surface area contributed by atoms with Crippen LogP contribution >= 0.6 is 0 Å². The Bertz CT molecular complexity index is 1820. The van der Waals surface area contributed by atoms with E-state index in [1.807, 2.05) is 0 Å². The Labute approximate surface area is 222 Å². The monoisotopic (exact) mass is 551 g/mol. The number of aryl methyl sites for hydroxylation is 1. The first-order chi connectivity index (χ1) is 18.5. The van der Waals surface area contributed by atoms with Gasteiger partial charge in [0.05, 0.1) is 30.2 Å². The van der Waals surface area contributed by atoms with Gasteiger partial charge in [-0.3, -0.25) is 9.67 Å². The summed E-state index contributed by atoms with van der Waals surface area (Å²) in [5.74, 6) is -1.80. The molecule has 1 N–H and O–H groups in total. The number of halogens is 1. The number of carboxylic acid groups (broad SMARTS) is 1. The van der Waals surface area contributed by atoms with Crippen molar-refractivity contribution in [3.05, 3.63) is 78.5 Å². The number of hydrogen-bond acceptors (Lipinski definition) is 9. The number of anilines is 2. The lowest BCUT2D eigenvalue weighted by molar-refractivity contribution is 0.0696. The fourth-order valence-corrected chi connectivity index (χ4v) is 4.78. The molecule has 0 bridgehead atoms. The molecule has 13 nitrogen and oxygen atoms in total. The third-order valence-corrected chi connectivity index (χ3v) is 7.55. The summed E-state index contributed by atoms with van der Waals surface area (Å²) in [5.41, 5.74) is 1.82. The van der Waals surface area contributed by atoms with Crippen molar-refractivity contribution in [3.63, 3.8) is 0 Å². The Hall–Kier alpha value is -4.76. The predicted molar refractivity (Wildman–Crippen MR) is 139 cm³/mol. The number of benzene rings is 1. The molecule has 5 rings (SSSR count). The largest absolute Gasteiger partial charge is 0.478 e. The van der Waals surface area contributed by atoms with Gasteiger partial charge >= 0.3 is 16.2 Å². The van der Waals surface area contributed by atoms with Crippen LogP contribution in [0.4, 0.5) is 15.9 Å². The molecule has 0 atom stereocenters. The summed E-state index contributed by atoms with van der Waals surface area (Å²) >= 11 is 0. The molecule has 0 saturated heterocycles. The number of pyridine rings is 1. The molecule has 1 aromatic carbocycles. The van der Waals surface area contributed by atoms with Crippen molar-refractivity contribution >= 4 is 38.8 Å². The summed E-state index contributed by atoms with van der Waals surface area (Å²) in [7, 11) is 0.606. The number of carbonyl (C=O) groups is 1. The van der Waals surface area contributed by atoms with Crippen molar-refractivity contribution in [1.82, 2.24) is 38.0 Å². The minimum atomic E-state index is -3.93. The summed E-state index contributed by atoms with van der Waals surface area (Å²) in [6, 6.07) is 6.54. The third kappa shape index (κ3) is 5.04. The van der Waals surface area contributed by atoms with Crippen LogP contribution in [0.25, 0.3) is 22.4 Å². The number of hydrogen-bond donors (Lipinski definition) is 1. The van der Waals surface area contributed by atoms with E-state index in [4.69, 9.17) is 0 Å². The van der Waals surface area contributed by atoms with Crippen molar-refractivity contribution < 1.29 is 22.7 Å². The second-order valence-electron chi connectivity index (χ2n) is 8.69. The quantitative estimate of drug-likeness (QED) is 0.304. The van der Waals surface area contributed by atoms with Gasteiger partial charge in [0.25, 0.3) is 0 Å². The molecule has 4 heterocycles. The number of fused-ring (bicyclic) bond motifs is 1. The summed E-state index contributed by atoms with van der Waals surface area (Å²) in [5, 5.41) is 13.7. The molecule has 0 aliphatic carbocycles. The van der Waals surface area contributed by atoms with Crippen molar-refractivity contribution in [2.24, 2.45) is 7.05 Å². The summed E-state index contributed by atoms with van der Waals surface area (Å²) in [4.78, 5) is 30.9. The SMILES string of the molecule is CN(C)S(=O)(=O)n1ccnc1CN(c1cc(F)cc(C(=O)O)c1)c1ccc2ncc(-c3cnn(C)c3)nc2n1. The second kappa shape index (κ2) is 9.85. The molecule has 5 aromatic rings. The first kappa shape index (κ1) is 25.9. The van der Waals surface area contributed by atoms with Crippen LogP contribution in [-0.2, 0) is 23.8 Å². The first-order valence-corrected chi connectivity index (χ1v) is 12.8. The molecule has 0 aliphatic heterocycles. The van der Waals surface area contributed by atoms with E-state index in [1.165, 1.54) is 37.5 Å². The van der Waals surface area contributed by atoms with Crippen LogP contribution in [0.15, 0.2) is 61.3 Å². The topological polar surface area (TPSA) is 152 Å². The fraction of sp³-hybridized carbons (Fsp3) is 0.167. The van der Waals surface area contributed by atoms with Gasteiger partial charge in [-0.05, 0) is 30.3 Å². The number of aromatic nitrogens is 7. The molecule has 200 valence electrons. The summed E-state index contributed by atoms with van der Waals surface area (Å²) < 4.78 is 43.9. The zero-order valence-corrected chi connectivity index (χ0v) is 21.8. The Kier molecular flexibility index (Phi) is 6.53. The third-order valence-electron chi connectivity index (χ3n) is 5.80. The average molecular weight is 552 g/mol. The van der Waals surface area contributed by atoms with Crippen LogP contribution in [0.5, 0.6) is 0 Å². The van der Waals surface area contributed by atoms with Crippen molar-refractivity contribution in [1.29, 1.82) is 0 Å². The minimum absolute atomic E-state index is 0.0851. The van der Waals surface area contributed by atoms with Crippen molar-refractivity contribution in [3.8, 4) is 11.3 Å². The van der Waals surface area contributed by atoms with Crippen molar-refractivity contribution in [2.45, 2.75) is 6.54 Å². The number of nitrogens with zero attached hydrogens (tertiary/aromatic N) is 9. The van der Waals surface area contributed by atoms with E-state index >= 15 is 0 Å². The Balaban J connectivity index is 1.66. The maximum Gasteiger partial charge on any atom is 0.335 e. The molecule has 0 aliphatic rings. The number of aromatic carboxylic acids is 1. The molecule has 4 aromatic heterocycles. The lowest BCUT2D eigenvalue weighted by atomic mass is 10.1. The number of imidazole rings is 1. The second-order valence-corrected chi connectivity index (χ2v) is 10.7. The maximum absolute atomic E-state index is 14.5. The average Bonchev–Trinajstić information content (AvgIpc) is 3.55. The van der Waals surface area contributed by atoms with E-state index < -0.39 is 22.0 Å². The predicted octanol–water partition coefficient (Wildman–Crippen LogP) is 2.45. The Morgan fingerprint density at radius 2 is 1.90 bits per heavy atom. The van der Waals surface area contributed by atoms with Gasteiger partial charge in [-0.25, -0.2) is 28.1 Å². The number of rotatable bonds is 8. The van der Waals surface area contributed by atoms with Crippen LogP contribution in [-0.4, -0.2) is 71.6 Å². The standard InChI is InChI=1S/C24H22FN9O4S/c1-31(2)39(37,38)34-7-6-26-22(34)14-33(18-9-15(24(35)36)8-17(25)10-18)21-5-4-19-23(30-21)29-20(12-27-19)16-11-28-32(3)13-16/h4-13H,14H2,1-3H3,(H,35,36). The van der Waals surface area contributed by atoms with Gasteiger partial charge in [0.1, 0.15) is 23.0 Å². The molecule has 0 fully saturated rings. The highest BCUT2D eigenvalue weighted by atomic mass is 32.2. The molecule has 39 heavy (non-hydrogen) atoms. The summed E-state index contributed by atoms with van der Waals surface area (Å²) in [6.07, 6.45) is 7.61. The van der Waals surface area contributed by atoms with Gasteiger partial charge in [-0.15, -0.1) is 0 Å². The molecular weight excluding hydrogens is 529 g/mol. The van der Waals surface area contributed by atoms with E-state index in [-0.39, 0.29) is 35.1 Å². The highest BCUT2D eigenvalue weighted by Gasteiger charge is 2.24. The van der Waals surface area contributed by atoms with Crippen LogP contribution in [0.2, 0.25) is 0 Å². The first-order valence-electron chi connectivity index (χ1n) is 11.4. The van der Waals surface area contributed by atoms with Crippen LogP contribution in [0.1, 0.15) is 16.2 Å². The zero-order valence-electron chi connectivity index (χ0n) is 21.0. The molecular formula is C24H22FN9O4S. The normalized spacial score (nSPS) is 11.8. The van der Waals surface area contributed by atoms with E-state index in [0.717, 1.165) is 26.0 Å². The zero-order chi connectivity index (χ0) is 27.9. The molecule has 0 unspecified atom stereocenters. The van der Waals surface area contributed by atoms with Crippen molar-refractivity contribution in [2.75, 3.05) is 19.0 Å². The van der Waals surface area contributed by atoms with Crippen LogP contribution in [0.3, 0.4) is 0 Å². The van der Waals surface area contributed by atoms with E-state index in [1.54, 1.807) is 42.5 Å². The molecule has 0 saturated carbocycles. The minimum Gasteiger partial charge on any atom is -0.478 e. The van der Waals surface area contributed by atoms with Crippen LogP contribution in [0, 0.1) is 5.82 Å². The highest BCUT2D eigenvalue weighted by molar-refractivity contribution is 7.87. The van der Waals surface area contributed by atoms with E-state index in [0.29, 0.717) is 11.2 Å². The Morgan fingerprint density at radius 3 is 2.59 bits per heavy atom. The van der Waals surface area contributed by atoms with E-state index in [2.05, 4.69) is 25.0 Å².